The Morgan fingerprint density at radius 1 is 1.32 bits per heavy atom. The predicted octanol–water partition coefficient (Wildman–Crippen LogP) is 2.67. The molecule has 0 saturated carbocycles. The molecule has 1 aromatic rings. The molecular weight excluding hydrogens is 280 g/mol. The minimum absolute atomic E-state index is 0.00328. The molecule has 1 aliphatic heterocycles. The number of rotatable bonds is 4. The van der Waals surface area contributed by atoms with Crippen LogP contribution in [0.15, 0.2) is 24.3 Å². The van der Waals surface area contributed by atoms with Gasteiger partial charge in [-0.2, -0.15) is 0 Å². The summed E-state index contributed by atoms with van der Waals surface area (Å²) in [6.45, 7) is 9.72. The van der Waals surface area contributed by atoms with Crippen molar-refractivity contribution in [1.29, 1.82) is 0 Å². The normalized spacial score (nSPS) is 21.5. The van der Waals surface area contributed by atoms with Crippen LogP contribution < -0.4 is 15.4 Å². The van der Waals surface area contributed by atoms with E-state index in [1.165, 1.54) is 0 Å². The van der Waals surface area contributed by atoms with Gasteiger partial charge in [-0.3, -0.25) is 0 Å². The first-order valence-electron chi connectivity index (χ1n) is 7.82. The lowest BCUT2D eigenvalue weighted by Crippen LogP contribution is -2.42. The van der Waals surface area contributed by atoms with Gasteiger partial charge in [0.1, 0.15) is 11.4 Å². The van der Waals surface area contributed by atoms with Crippen LogP contribution in [0.25, 0.3) is 0 Å². The first-order chi connectivity index (χ1) is 10.4. The predicted molar refractivity (Wildman–Crippen MR) is 86.4 cm³/mol. The molecule has 2 atom stereocenters. The summed E-state index contributed by atoms with van der Waals surface area (Å²) in [5.41, 5.74) is 0.630. The first-order valence-corrected chi connectivity index (χ1v) is 7.82. The van der Waals surface area contributed by atoms with Crippen molar-refractivity contribution in [2.45, 2.75) is 45.3 Å². The fourth-order valence-corrected chi connectivity index (χ4v) is 2.69. The van der Waals surface area contributed by atoms with E-state index in [0.717, 1.165) is 24.4 Å². The maximum Gasteiger partial charge on any atom is 0.407 e. The smallest absolute Gasteiger partial charge is 0.407 e. The zero-order chi connectivity index (χ0) is 16.2. The highest BCUT2D eigenvalue weighted by Gasteiger charge is 2.32. The molecule has 5 nitrogen and oxygen atoms in total. The van der Waals surface area contributed by atoms with Crippen LogP contribution in [0.4, 0.5) is 4.79 Å². The quantitative estimate of drug-likeness (QED) is 0.898. The molecular formula is C17H26N2O3. The third kappa shape index (κ3) is 4.37. The Morgan fingerprint density at radius 3 is 2.73 bits per heavy atom. The molecule has 2 rings (SSSR count). The van der Waals surface area contributed by atoms with Crippen molar-refractivity contribution >= 4 is 6.09 Å². The minimum atomic E-state index is -0.491. The second-order valence-corrected chi connectivity index (χ2v) is 6.49. The van der Waals surface area contributed by atoms with Gasteiger partial charge in [-0.15, -0.1) is 0 Å². The molecule has 1 amide bonds. The number of benzene rings is 1. The topological polar surface area (TPSA) is 59.6 Å². The van der Waals surface area contributed by atoms with E-state index in [4.69, 9.17) is 9.47 Å². The number of para-hydroxylation sites is 1. The van der Waals surface area contributed by atoms with Crippen molar-refractivity contribution in [3.63, 3.8) is 0 Å². The summed E-state index contributed by atoms with van der Waals surface area (Å²) < 4.78 is 11.1. The van der Waals surface area contributed by atoms with Crippen molar-refractivity contribution in [3.05, 3.63) is 29.8 Å². The Hall–Kier alpha value is -1.75. The molecule has 1 aromatic carbocycles. The number of alkyl carbamates (subject to hydrolysis) is 1. The lowest BCUT2D eigenvalue weighted by Gasteiger charge is -2.25. The van der Waals surface area contributed by atoms with Crippen molar-refractivity contribution in [3.8, 4) is 5.75 Å². The number of amides is 1. The van der Waals surface area contributed by atoms with Crippen molar-refractivity contribution < 1.29 is 14.3 Å². The Kier molecular flexibility index (Phi) is 5.29. The van der Waals surface area contributed by atoms with Gasteiger partial charge in [0.2, 0.25) is 0 Å². The number of carbonyl (C=O) groups is 1. The van der Waals surface area contributed by atoms with Crippen LogP contribution in [0, 0.1) is 0 Å². The summed E-state index contributed by atoms with van der Waals surface area (Å²) in [5, 5.41) is 6.31. The summed E-state index contributed by atoms with van der Waals surface area (Å²) in [5.74, 6) is 1.06. The van der Waals surface area contributed by atoms with Gasteiger partial charge in [0.25, 0.3) is 0 Å². The molecule has 22 heavy (non-hydrogen) atoms. The van der Waals surface area contributed by atoms with Crippen molar-refractivity contribution in [1.82, 2.24) is 10.6 Å². The van der Waals surface area contributed by atoms with Gasteiger partial charge in [0, 0.05) is 24.6 Å². The standard InChI is InChI=1S/C17H26N2O3/c1-5-21-15-9-7-6-8-12(15)13-10-18-11-14(13)19-16(20)22-17(2,3)4/h6-9,13-14,18H,5,10-11H2,1-4H3,(H,19,20)/t13-,14-/m0/s1. The maximum absolute atomic E-state index is 12.0. The van der Waals surface area contributed by atoms with Crippen LogP contribution in [0.1, 0.15) is 39.2 Å². The first kappa shape index (κ1) is 16.6. The summed E-state index contributed by atoms with van der Waals surface area (Å²) in [4.78, 5) is 12.0. The van der Waals surface area contributed by atoms with Gasteiger partial charge in [-0.25, -0.2) is 4.79 Å². The van der Waals surface area contributed by atoms with Gasteiger partial charge in [-0.1, -0.05) is 18.2 Å². The van der Waals surface area contributed by atoms with E-state index in [-0.39, 0.29) is 18.1 Å². The molecule has 1 heterocycles. The van der Waals surface area contributed by atoms with Crippen LogP contribution in [0.3, 0.4) is 0 Å². The lowest BCUT2D eigenvalue weighted by molar-refractivity contribution is 0.0504. The lowest BCUT2D eigenvalue weighted by atomic mass is 9.93. The van der Waals surface area contributed by atoms with E-state index in [1.54, 1.807) is 0 Å². The number of hydrogen-bond acceptors (Lipinski definition) is 4. The van der Waals surface area contributed by atoms with Gasteiger partial charge in [0.05, 0.1) is 12.6 Å². The van der Waals surface area contributed by atoms with Crippen LogP contribution in [0.5, 0.6) is 5.75 Å². The third-order valence-electron chi connectivity index (χ3n) is 3.53. The summed E-state index contributed by atoms with van der Waals surface area (Å²) in [7, 11) is 0. The summed E-state index contributed by atoms with van der Waals surface area (Å²) in [6, 6.07) is 8.00. The Labute approximate surface area is 132 Å². The fraction of sp³-hybridized carbons (Fsp3) is 0.588. The van der Waals surface area contributed by atoms with Crippen molar-refractivity contribution in [2.24, 2.45) is 0 Å². The van der Waals surface area contributed by atoms with Gasteiger partial charge in [-0.05, 0) is 33.8 Å². The van der Waals surface area contributed by atoms with E-state index in [0.29, 0.717) is 6.61 Å². The SMILES string of the molecule is CCOc1ccccc1[C@@H]1CNC[C@@H]1NC(=O)OC(C)(C)C. The van der Waals surface area contributed by atoms with E-state index < -0.39 is 5.60 Å². The molecule has 5 heteroatoms. The highest BCUT2D eigenvalue weighted by Crippen LogP contribution is 2.31. The number of nitrogens with one attached hydrogen (secondary N) is 2. The number of carbonyl (C=O) groups excluding carboxylic acids is 1. The zero-order valence-corrected chi connectivity index (χ0v) is 13.8. The molecule has 0 aromatic heterocycles. The van der Waals surface area contributed by atoms with Crippen LogP contribution in [-0.4, -0.2) is 37.4 Å². The van der Waals surface area contributed by atoms with Crippen molar-refractivity contribution in [2.75, 3.05) is 19.7 Å². The van der Waals surface area contributed by atoms with E-state index in [1.807, 2.05) is 45.9 Å². The molecule has 0 radical (unpaired) electrons. The third-order valence-corrected chi connectivity index (χ3v) is 3.53. The summed E-state index contributed by atoms with van der Waals surface area (Å²) >= 11 is 0. The van der Waals surface area contributed by atoms with Crippen LogP contribution in [0.2, 0.25) is 0 Å². The van der Waals surface area contributed by atoms with Gasteiger partial charge >= 0.3 is 6.09 Å². The highest BCUT2D eigenvalue weighted by molar-refractivity contribution is 5.68. The maximum atomic E-state index is 12.0. The average Bonchev–Trinajstić information content (AvgIpc) is 2.85. The number of ether oxygens (including phenoxy) is 2. The molecule has 0 unspecified atom stereocenters. The number of hydrogen-bond donors (Lipinski definition) is 2. The monoisotopic (exact) mass is 306 g/mol. The van der Waals surface area contributed by atoms with E-state index in [2.05, 4.69) is 16.7 Å². The molecule has 0 spiro atoms. The highest BCUT2D eigenvalue weighted by atomic mass is 16.6. The Morgan fingerprint density at radius 2 is 2.05 bits per heavy atom. The van der Waals surface area contributed by atoms with Crippen LogP contribution >= 0.6 is 0 Å². The van der Waals surface area contributed by atoms with E-state index >= 15 is 0 Å². The fourth-order valence-electron chi connectivity index (χ4n) is 2.69. The minimum Gasteiger partial charge on any atom is -0.494 e. The second kappa shape index (κ2) is 7.01. The Balaban J connectivity index is 2.09. The molecule has 1 fully saturated rings. The molecule has 1 saturated heterocycles. The average molecular weight is 306 g/mol. The molecule has 2 N–H and O–H groups in total. The molecule has 0 aliphatic carbocycles. The van der Waals surface area contributed by atoms with Crippen LogP contribution in [-0.2, 0) is 4.74 Å². The second-order valence-electron chi connectivity index (χ2n) is 6.49. The molecule has 0 bridgehead atoms. The molecule has 122 valence electrons. The molecule has 1 aliphatic rings. The summed E-state index contributed by atoms with van der Waals surface area (Å²) in [6.07, 6.45) is -0.375. The Bertz CT molecular complexity index is 511. The van der Waals surface area contributed by atoms with Gasteiger partial charge in [0.15, 0.2) is 0 Å². The van der Waals surface area contributed by atoms with E-state index in [9.17, 15) is 4.79 Å². The zero-order valence-electron chi connectivity index (χ0n) is 13.8. The van der Waals surface area contributed by atoms with Gasteiger partial charge < -0.3 is 20.1 Å². The largest absolute Gasteiger partial charge is 0.494 e.